The van der Waals surface area contributed by atoms with Gasteiger partial charge in [0.25, 0.3) is 11.8 Å². The number of anilines is 1. The van der Waals surface area contributed by atoms with Crippen LogP contribution < -0.4 is 10.6 Å². The lowest BCUT2D eigenvalue weighted by molar-refractivity contribution is -0.138. The van der Waals surface area contributed by atoms with Gasteiger partial charge in [-0.05, 0) is 59.4 Å². The summed E-state index contributed by atoms with van der Waals surface area (Å²) in [5.74, 6) is -2.11. The lowest BCUT2D eigenvalue weighted by Crippen LogP contribution is -2.46. The first-order chi connectivity index (χ1) is 18.3. The van der Waals surface area contributed by atoms with Crippen LogP contribution in [0.4, 0.5) is 32.2 Å². The predicted octanol–water partition coefficient (Wildman–Crippen LogP) is 4.05. The first-order valence-corrected chi connectivity index (χ1v) is 13.0. The van der Waals surface area contributed by atoms with E-state index in [0.717, 1.165) is 32.6 Å². The summed E-state index contributed by atoms with van der Waals surface area (Å²) in [7, 11) is 0. The fourth-order valence-corrected chi connectivity index (χ4v) is 5.05. The molecule has 1 aromatic heterocycles. The summed E-state index contributed by atoms with van der Waals surface area (Å²) in [6.07, 6.45) is -6.26. The van der Waals surface area contributed by atoms with Crippen LogP contribution >= 0.6 is 12.2 Å². The van der Waals surface area contributed by atoms with Crippen LogP contribution in [0.5, 0.6) is 0 Å². The van der Waals surface area contributed by atoms with Crippen molar-refractivity contribution in [2.75, 3.05) is 11.9 Å². The molecule has 0 saturated carbocycles. The normalized spacial score (nSPS) is 21.3. The van der Waals surface area contributed by atoms with Crippen molar-refractivity contribution in [2.45, 2.75) is 95.5 Å². The summed E-state index contributed by atoms with van der Waals surface area (Å²) in [5.41, 5.74) is -3.62. The van der Waals surface area contributed by atoms with Crippen molar-refractivity contribution >= 4 is 40.4 Å². The minimum Gasteiger partial charge on any atom is -0.389 e. The molecule has 2 aliphatic heterocycles. The quantitative estimate of drug-likeness (QED) is 0.172. The number of hydrogen-bond donors (Lipinski definition) is 3. The van der Waals surface area contributed by atoms with Crippen LogP contribution in [0.25, 0.3) is 0 Å². The summed E-state index contributed by atoms with van der Waals surface area (Å²) in [6, 6.07) is -3.73. The van der Waals surface area contributed by atoms with Crippen LogP contribution in [-0.2, 0) is 15.8 Å². The molecule has 8 nitrogen and oxygen atoms in total. The largest absolute Gasteiger partial charge is 0.417 e. The molecule has 2 aliphatic rings. The second-order valence-corrected chi connectivity index (χ2v) is 11.1. The van der Waals surface area contributed by atoms with Crippen molar-refractivity contribution in [3.8, 4) is 0 Å². The fourth-order valence-electron chi connectivity index (χ4n) is 4.73. The van der Waals surface area contributed by atoms with Gasteiger partial charge >= 0.3 is 12.4 Å². The maximum atomic E-state index is 14.1. The molecule has 2 atom stereocenters. The van der Waals surface area contributed by atoms with E-state index >= 15 is 0 Å². The van der Waals surface area contributed by atoms with Crippen molar-refractivity contribution < 1.29 is 41.0 Å². The third-order valence-electron chi connectivity index (χ3n) is 6.85. The molecule has 0 aliphatic carbocycles. The van der Waals surface area contributed by atoms with Crippen LogP contribution in [0, 0.1) is 0 Å². The molecule has 2 fully saturated rings. The van der Waals surface area contributed by atoms with E-state index < -0.39 is 63.7 Å². The number of fused-ring (bicyclic) bond motifs is 2. The van der Waals surface area contributed by atoms with Gasteiger partial charge in [-0.1, -0.05) is 12.2 Å². The highest BCUT2D eigenvalue weighted by molar-refractivity contribution is 7.81. The van der Waals surface area contributed by atoms with Gasteiger partial charge in [0.1, 0.15) is 11.9 Å². The number of amides is 2. The van der Waals surface area contributed by atoms with E-state index in [-0.39, 0.29) is 24.3 Å². The topological polar surface area (TPSA) is 107 Å². The molecule has 222 valence electrons. The number of aliphatic imine (C=N–C) groups is 1. The Morgan fingerprint density at radius 2 is 1.70 bits per heavy atom. The van der Waals surface area contributed by atoms with E-state index in [1.54, 1.807) is 4.90 Å². The molecule has 1 aromatic rings. The van der Waals surface area contributed by atoms with Gasteiger partial charge in [0.05, 0.1) is 21.7 Å². The number of aliphatic hydroxyl groups is 1. The molecule has 3 heterocycles. The molecule has 2 bridgehead atoms. The van der Waals surface area contributed by atoms with E-state index in [2.05, 4.69) is 15.3 Å². The van der Waals surface area contributed by atoms with Gasteiger partial charge in [0.15, 0.2) is 6.04 Å². The molecular formula is C25H31F6N5O3S. The molecule has 40 heavy (non-hydrogen) atoms. The number of aromatic nitrogens is 1. The lowest BCUT2D eigenvalue weighted by atomic mass is 10.00. The summed E-state index contributed by atoms with van der Waals surface area (Å²) in [6.45, 7) is 4.72. The molecule has 0 aromatic carbocycles. The van der Waals surface area contributed by atoms with Gasteiger partial charge < -0.3 is 20.6 Å². The second-order valence-electron chi connectivity index (χ2n) is 10.7. The van der Waals surface area contributed by atoms with Crippen LogP contribution in [-0.4, -0.2) is 79.9 Å². The van der Waals surface area contributed by atoms with E-state index in [4.69, 9.17) is 12.2 Å². The number of alkyl halides is 6. The van der Waals surface area contributed by atoms with Gasteiger partial charge in [-0.15, -0.1) is 0 Å². The zero-order valence-corrected chi connectivity index (χ0v) is 23.1. The average molecular weight is 596 g/mol. The number of nitrogens with one attached hydrogen (secondary N) is 2. The SMILES string of the molecule is C/C(=N\C(C(=O)N1C2CCC1CC2)C(=S)c1cnc(N[C@@H](C)C(F)(F)F)cc1C(F)(F)F)C(=O)NCC(C)(C)O. The Morgan fingerprint density at radius 3 is 2.17 bits per heavy atom. The molecule has 3 rings (SSSR count). The van der Waals surface area contributed by atoms with Crippen molar-refractivity contribution in [1.82, 2.24) is 15.2 Å². The minimum absolute atomic E-state index is 0.127. The number of carbonyl (C=O) groups is 2. The summed E-state index contributed by atoms with van der Waals surface area (Å²) >= 11 is 5.36. The molecule has 15 heteroatoms. The van der Waals surface area contributed by atoms with Gasteiger partial charge in [-0.3, -0.25) is 14.6 Å². The number of rotatable bonds is 9. The zero-order valence-electron chi connectivity index (χ0n) is 22.3. The number of pyridine rings is 1. The lowest BCUT2D eigenvalue weighted by Gasteiger charge is -2.27. The molecule has 0 spiro atoms. The van der Waals surface area contributed by atoms with Crippen molar-refractivity contribution in [3.63, 3.8) is 0 Å². The molecular weight excluding hydrogens is 564 g/mol. The third-order valence-corrected chi connectivity index (χ3v) is 7.30. The third kappa shape index (κ3) is 7.47. The van der Waals surface area contributed by atoms with E-state index in [1.165, 1.54) is 20.8 Å². The maximum absolute atomic E-state index is 14.1. The minimum atomic E-state index is -5.07. The first-order valence-electron chi connectivity index (χ1n) is 12.6. The Hall–Kier alpha value is -2.81. The fraction of sp³-hybridized carbons (Fsp3) is 0.640. The number of hydrogen-bond acceptors (Lipinski definition) is 7. The van der Waals surface area contributed by atoms with E-state index in [1.807, 2.05) is 5.32 Å². The highest BCUT2D eigenvalue weighted by Gasteiger charge is 2.46. The number of nitrogens with zero attached hydrogens (tertiary/aromatic N) is 3. The Morgan fingerprint density at radius 1 is 1.15 bits per heavy atom. The number of carbonyl (C=O) groups excluding carboxylic acids is 2. The van der Waals surface area contributed by atoms with Gasteiger partial charge in [0, 0.05) is 30.4 Å². The van der Waals surface area contributed by atoms with Crippen molar-refractivity contribution in [3.05, 3.63) is 23.4 Å². The van der Waals surface area contributed by atoms with E-state index in [9.17, 15) is 41.0 Å². The average Bonchev–Trinajstić information content (AvgIpc) is 3.44. The van der Waals surface area contributed by atoms with Crippen LogP contribution in [0.1, 0.15) is 64.5 Å². The Balaban J connectivity index is 2.02. The summed E-state index contributed by atoms with van der Waals surface area (Å²) < 4.78 is 81.2. The Kier molecular flexibility index (Phi) is 9.19. The predicted molar refractivity (Wildman–Crippen MR) is 139 cm³/mol. The highest BCUT2D eigenvalue weighted by atomic mass is 32.1. The Bertz CT molecular complexity index is 1160. The maximum Gasteiger partial charge on any atom is 0.417 e. The smallest absolute Gasteiger partial charge is 0.389 e. The van der Waals surface area contributed by atoms with Gasteiger partial charge in [-0.2, -0.15) is 26.3 Å². The monoisotopic (exact) mass is 595 g/mol. The van der Waals surface area contributed by atoms with E-state index in [0.29, 0.717) is 12.3 Å². The van der Waals surface area contributed by atoms with Crippen molar-refractivity contribution in [1.29, 1.82) is 0 Å². The first kappa shape index (κ1) is 31.7. The number of halogens is 6. The molecule has 3 N–H and O–H groups in total. The van der Waals surface area contributed by atoms with Crippen molar-refractivity contribution in [2.24, 2.45) is 4.99 Å². The van der Waals surface area contributed by atoms with Gasteiger partial charge in [0.2, 0.25) is 0 Å². The molecule has 2 saturated heterocycles. The molecule has 0 radical (unpaired) electrons. The summed E-state index contributed by atoms with van der Waals surface area (Å²) in [4.78, 5) is 35.2. The van der Waals surface area contributed by atoms with Crippen LogP contribution in [0.2, 0.25) is 0 Å². The Labute approximate surface area is 232 Å². The molecule has 2 amide bonds. The standard InChI is InChI=1S/C25H31F6N5O3S/c1-12(21(37)33-11-23(3,4)39)34-19(22(38)36-14-5-6-15(36)8-7-14)20(40)16-10-32-18(9-17(16)25(29,30)31)35-13(2)24(26,27)28/h9-10,13-15,19,39H,5-8,11H2,1-4H3,(H,32,35)(H,33,37)/b34-12+/t13-,14?,15?,19?/m0/s1. The van der Waals surface area contributed by atoms with Crippen LogP contribution in [0.3, 0.4) is 0 Å². The van der Waals surface area contributed by atoms with Crippen LogP contribution in [0.15, 0.2) is 17.3 Å². The zero-order chi connectivity index (χ0) is 30.2. The highest BCUT2D eigenvalue weighted by Crippen LogP contribution is 2.39. The number of thiocarbonyl (C=S) groups is 1. The second kappa shape index (κ2) is 11.6. The molecule has 1 unspecified atom stereocenters. The summed E-state index contributed by atoms with van der Waals surface area (Å²) in [5, 5.41) is 14.2. The van der Waals surface area contributed by atoms with Gasteiger partial charge in [-0.25, -0.2) is 4.98 Å².